The van der Waals surface area contributed by atoms with Gasteiger partial charge in [0.1, 0.15) is 0 Å². The van der Waals surface area contributed by atoms with Crippen LogP contribution >= 0.6 is 0 Å². The molecular formula is C10H18. The first-order chi connectivity index (χ1) is 4.56. The first-order valence-electron chi connectivity index (χ1n) is 3.84. The lowest BCUT2D eigenvalue weighted by molar-refractivity contribution is 0.420. The summed E-state index contributed by atoms with van der Waals surface area (Å²) in [4.78, 5) is 0. The highest BCUT2D eigenvalue weighted by Crippen LogP contribution is 2.18. The molecule has 0 atom stereocenters. The molecule has 0 aromatic rings. The van der Waals surface area contributed by atoms with Gasteiger partial charge in [0.2, 0.25) is 0 Å². The Morgan fingerprint density at radius 2 is 1.70 bits per heavy atom. The standard InChI is InChI=1S/C10H18/c1-5-6-7-8-9-10(2,3)4/h5-8H,9H2,1-4H3/b6-5+,8-7+. The lowest BCUT2D eigenvalue weighted by Gasteiger charge is -2.13. The van der Waals surface area contributed by atoms with Crippen LogP contribution in [0.1, 0.15) is 34.1 Å². The predicted molar refractivity (Wildman–Crippen MR) is 48.0 cm³/mol. The summed E-state index contributed by atoms with van der Waals surface area (Å²) in [6.07, 6.45) is 9.56. The zero-order valence-electron chi connectivity index (χ0n) is 7.52. The molecule has 10 heavy (non-hydrogen) atoms. The van der Waals surface area contributed by atoms with Gasteiger partial charge in [0.05, 0.1) is 0 Å². The molecule has 0 aliphatic carbocycles. The summed E-state index contributed by atoms with van der Waals surface area (Å²) in [5.74, 6) is 0. The van der Waals surface area contributed by atoms with E-state index in [0.717, 1.165) is 6.42 Å². The van der Waals surface area contributed by atoms with Crippen LogP contribution in [-0.4, -0.2) is 0 Å². The van der Waals surface area contributed by atoms with E-state index >= 15 is 0 Å². The zero-order chi connectivity index (χ0) is 8.04. The van der Waals surface area contributed by atoms with Crippen molar-refractivity contribution in [1.29, 1.82) is 0 Å². The van der Waals surface area contributed by atoms with Gasteiger partial charge < -0.3 is 0 Å². The third-order valence-electron chi connectivity index (χ3n) is 1.17. The Hall–Kier alpha value is -0.520. The van der Waals surface area contributed by atoms with Gasteiger partial charge in [-0.1, -0.05) is 45.1 Å². The molecule has 0 N–H and O–H groups in total. The fourth-order valence-electron chi connectivity index (χ4n) is 0.611. The van der Waals surface area contributed by atoms with Crippen molar-refractivity contribution < 1.29 is 0 Å². The molecule has 0 bridgehead atoms. The van der Waals surface area contributed by atoms with E-state index in [2.05, 4.69) is 39.0 Å². The second kappa shape index (κ2) is 4.32. The quantitative estimate of drug-likeness (QED) is 0.512. The van der Waals surface area contributed by atoms with E-state index in [-0.39, 0.29) is 0 Å². The minimum Gasteiger partial charge on any atom is -0.0877 e. The van der Waals surface area contributed by atoms with Gasteiger partial charge in [-0.3, -0.25) is 0 Å². The summed E-state index contributed by atoms with van der Waals surface area (Å²) < 4.78 is 0. The molecule has 0 aliphatic rings. The Bertz CT molecular complexity index is 121. The minimum atomic E-state index is 0.429. The van der Waals surface area contributed by atoms with Crippen molar-refractivity contribution in [2.45, 2.75) is 34.1 Å². The molecule has 0 heteroatoms. The lowest BCUT2D eigenvalue weighted by Crippen LogP contribution is -2.01. The lowest BCUT2D eigenvalue weighted by atomic mass is 9.92. The zero-order valence-corrected chi connectivity index (χ0v) is 7.52. The maximum absolute atomic E-state index is 2.24. The number of rotatable bonds is 2. The number of hydrogen-bond acceptors (Lipinski definition) is 0. The second-order valence-electron chi connectivity index (χ2n) is 3.72. The normalized spacial score (nSPS) is 13.6. The van der Waals surface area contributed by atoms with E-state index in [0.29, 0.717) is 5.41 Å². The Morgan fingerprint density at radius 1 is 1.10 bits per heavy atom. The van der Waals surface area contributed by atoms with E-state index in [9.17, 15) is 0 Å². The fourth-order valence-corrected chi connectivity index (χ4v) is 0.611. The monoisotopic (exact) mass is 138 g/mol. The Balaban J connectivity index is 3.54. The molecule has 0 spiro atoms. The van der Waals surface area contributed by atoms with Crippen molar-refractivity contribution in [3.63, 3.8) is 0 Å². The highest BCUT2D eigenvalue weighted by Gasteiger charge is 2.05. The SMILES string of the molecule is C/C=C/C=C/CC(C)(C)C. The van der Waals surface area contributed by atoms with Gasteiger partial charge >= 0.3 is 0 Å². The van der Waals surface area contributed by atoms with Crippen molar-refractivity contribution in [3.05, 3.63) is 24.3 Å². The summed E-state index contributed by atoms with van der Waals surface area (Å²) in [6.45, 7) is 8.76. The van der Waals surface area contributed by atoms with E-state index < -0.39 is 0 Å². The van der Waals surface area contributed by atoms with Crippen LogP contribution in [0.5, 0.6) is 0 Å². The van der Waals surface area contributed by atoms with Gasteiger partial charge in [0.15, 0.2) is 0 Å². The van der Waals surface area contributed by atoms with Gasteiger partial charge in [0.25, 0.3) is 0 Å². The summed E-state index contributed by atoms with van der Waals surface area (Å²) in [5.41, 5.74) is 0.429. The van der Waals surface area contributed by atoms with Crippen LogP contribution in [0.15, 0.2) is 24.3 Å². The molecule has 0 amide bonds. The Kier molecular flexibility index (Phi) is 4.10. The topological polar surface area (TPSA) is 0 Å². The van der Waals surface area contributed by atoms with E-state index in [1.54, 1.807) is 0 Å². The first-order valence-corrected chi connectivity index (χ1v) is 3.84. The number of allylic oxidation sites excluding steroid dienone is 4. The highest BCUT2D eigenvalue weighted by molar-refractivity contribution is 5.01. The van der Waals surface area contributed by atoms with Crippen LogP contribution in [-0.2, 0) is 0 Å². The van der Waals surface area contributed by atoms with Gasteiger partial charge in [-0.05, 0) is 18.8 Å². The molecule has 0 nitrogen and oxygen atoms in total. The van der Waals surface area contributed by atoms with Crippen LogP contribution in [0.2, 0.25) is 0 Å². The third-order valence-corrected chi connectivity index (χ3v) is 1.17. The van der Waals surface area contributed by atoms with Crippen molar-refractivity contribution in [3.8, 4) is 0 Å². The first kappa shape index (κ1) is 9.48. The van der Waals surface area contributed by atoms with E-state index in [1.807, 2.05) is 13.0 Å². The van der Waals surface area contributed by atoms with Gasteiger partial charge in [0, 0.05) is 0 Å². The molecular weight excluding hydrogens is 120 g/mol. The molecule has 0 saturated carbocycles. The molecule has 0 saturated heterocycles. The summed E-state index contributed by atoms with van der Waals surface area (Å²) in [6, 6.07) is 0. The van der Waals surface area contributed by atoms with Crippen molar-refractivity contribution in [2.24, 2.45) is 5.41 Å². The highest BCUT2D eigenvalue weighted by atomic mass is 14.1. The Labute approximate surface area is 64.6 Å². The molecule has 0 fully saturated rings. The third kappa shape index (κ3) is 7.48. The van der Waals surface area contributed by atoms with Crippen molar-refractivity contribution in [1.82, 2.24) is 0 Å². The average Bonchev–Trinajstić information content (AvgIpc) is 1.78. The maximum atomic E-state index is 2.24. The molecule has 0 rings (SSSR count). The molecule has 0 heterocycles. The molecule has 0 radical (unpaired) electrons. The molecule has 0 aliphatic heterocycles. The van der Waals surface area contributed by atoms with Crippen LogP contribution in [0.3, 0.4) is 0 Å². The van der Waals surface area contributed by atoms with Gasteiger partial charge in [-0.2, -0.15) is 0 Å². The average molecular weight is 138 g/mol. The van der Waals surface area contributed by atoms with E-state index in [1.165, 1.54) is 0 Å². The Morgan fingerprint density at radius 3 is 2.10 bits per heavy atom. The van der Waals surface area contributed by atoms with Crippen molar-refractivity contribution >= 4 is 0 Å². The summed E-state index contributed by atoms with van der Waals surface area (Å²) in [7, 11) is 0. The molecule has 0 aromatic heterocycles. The predicted octanol–water partition coefficient (Wildman–Crippen LogP) is 3.55. The molecule has 0 unspecified atom stereocenters. The van der Waals surface area contributed by atoms with Crippen LogP contribution in [0.4, 0.5) is 0 Å². The summed E-state index contributed by atoms with van der Waals surface area (Å²) in [5, 5.41) is 0. The second-order valence-corrected chi connectivity index (χ2v) is 3.72. The van der Waals surface area contributed by atoms with Gasteiger partial charge in [-0.25, -0.2) is 0 Å². The summed E-state index contributed by atoms with van der Waals surface area (Å²) >= 11 is 0. The number of hydrogen-bond donors (Lipinski definition) is 0. The smallest absolute Gasteiger partial charge is 0.0299 e. The maximum Gasteiger partial charge on any atom is -0.0299 e. The fraction of sp³-hybridized carbons (Fsp3) is 0.600. The largest absolute Gasteiger partial charge is 0.0877 e. The van der Waals surface area contributed by atoms with Crippen LogP contribution < -0.4 is 0 Å². The molecule has 0 aromatic carbocycles. The molecule has 58 valence electrons. The van der Waals surface area contributed by atoms with Gasteiger partial charge in [-0.15, -0.1) is 0 Å². The van der Waals surface area contributed by atoms with Crippen LogP contribution in [0.25, 0.3) is 0 Å². The van der Waals surface area contributed by atoms with E-state index in [4.69, 9.17) is 0 Å². The minimum absolute atomic E-state index is 0.429. The van der Waals surface area contributed by atoms with Crippen LogP contribution in [0, 0.1) is 5.41 Å². The van der Waals surface area contributed by atoms with Crippen molar-refractivity contribution in [2.75, 3.05) is 0 Å².